The minimum absolute atomic E-state index is 0.171. The van der Waals surface area contributed by atoms with Crippen molar-refractivity contribution >= 4 is 27.3 Å². The van der Waals surface area contributed by atoms with Crippen molar-refractivity contribution in [1.82, 2.24) is 9.62 Å². The molecule has 0 unspecified atom stereocenters. The summed E-state index contributed by atoms with van der Waals surface area (Å²) in [5, 5.41) is 4.66. The normalized spacial score (nSPS) is 21.0. The third kappa shape index (κ3) is 3.00. The molecule has 1 aliphatic carbocycles. The van der Waals surface area contributed by atoms with Crippen LogP contribution in [0, 0.1) is 0 Å². The highest BCUT2D eigenvalue weighted by Gasteiger charge is 2.32. The van der Waals surface area contributed by atoms with Crippen molar-refractivity contribution in [2.75, 3.05) is 13.1 Å². The Kier molecular flexibility index (Phi) is 4.33. The Morgan fingerprint density at radius 3 is 2.52 bits per heavy atom. The van der Waals surface area contributed by atoms with Crippen LogP contribution < -0.4 is 5.32 Å². The second-order valence-electron chi connectivity index (χ2n) is 5.68. The van der Waals surface area contributed by atoms with Gasteiger partial charge in [0.1, 0.15) is 9.77 Å². The van der Waals surface area contributed by atoms with Crippen molar-refractivity contribution < 1.29 is 13.2 Å². The smallest absolute Gasteiger partial charge is 0.262 e. The molecule has 1 saturated heterocycles. The number of carbonyl (C=O) groups excluding carboxylic acids is 1. The van der Waals surface area contributed by atoms with Gasteiger partial charge >= 0.3 is 0 Å². The Morgan fingerprint density at radius 2 is 1.86 bits per heavy atom. The fraction of sp³-hybridized carbons (Fsp3) is 0.643. The molecular formula is C14H20N2O3S2. The molecule has 0 bridgehead atoms. The first-order chi connectivity index (χ1) is 10.1. The summed E-state index contributed by atoms with van der Waals surface area (Å²) in [5.41, 5.74) is 0. The van der Waals surface area contributed by atoms with Gasteiger partial charge in [0.15, 0.2) is 0 Å². The van der Waals surface area contributed by atoms with E-state index in [0.717, 1.165) is 38.5 Å². The lowest BCUT2D eigenvalue weighted by Gasteiger charge is -2.16. The highest BCUT2D eigenvalue weighted by Crippen LogP contribution is 2.28. The number of rotatable bonds is 4. The predicted molar refractivity (Wildman–Crippen MR) is 82.0 cm³/mol. The molecule has 0 atom stereocenters. The van der Waals surface area contributed by atoms with Gasteiger partial charge in [-0.1, -0.05) is 12.8 Å². The molecule has 0 spiro atoms. The van der Waals surface area contributed by atoms with Crippen molar-refractivity contribution in [1.29, 1.82) is 0 Å². The van der Waals surface area contributed by atoms with Crippen LogP contribution in [0.2, 0.25) is 0 Å². The Morgan fingerprint density at radius 1 is 1.19 bits per heavy atom. The first-order valence-corrected chi connectivity index (χ1v) is 9.79. The van der Waals surface area contributed by atoms with Crippen molar-refractivity contribution in [2.45, 2.75) is 49.5 Å². The maximum absolute atomic E-state index is 12.6. The van der Waals surface area contributed by atoms with E-state index in [1.54, 1.807) is 11.4 Å². The van der Waals surface area contributed by atoms with E-state index in [4.69, 9.17) is 0 Å². The van der Waals surface area contributed by atoms with Gasteiger partial charge in [-0.15, -0.1) is 11.3 Å². The van der Waals surface area contributed by atoms with Crippen LogP contribution in [0.3, 0.4) is 0 Å². The zero-order chi connectivity index (χ0) is 14.9. The molecule has 1 amide bonds. The van der Waals surface area contributed by atoms with Crippen LogP contribution in [0.15, 0.2) is 16.3 Å². The largest absolute Gasteiger partial charge is 0.349 e. The quantitative estimate of drug-likeness (QED) is 0.921. The van der Waals surface area contributed by atoms with Crippen molar-refractivity contribution in [2.24, 2.45) is 0 Å². The summed E-state index contributed by atoms with van der Waals surface area (Å²) in [7, 11) is -3.52. The molecule has 1 aliphatic heterocycles. The number of thiophene rings is 1. The fourth-order valence-electron chi connectivity index (χ4n) is 3.05. The minimum atomic E-state index is -3.52. The van der Waals surface area contributed by atoms with E-state index in [9.17, 15) is 13.2 Å². The topological polar surface area (TPSA) is 66.5 Å². The van der Waals surface area contributed by atoms with E-state index in [1.807, 2.05) is 0 Å². The number of hydrogen-bond donors (Lipinski definition) is 1. The Bertz CT molecular complexity index is 612. The molecule has 1 aromatic rings. The van der Waals surface area contributed by atoms with Crippen LogP contribution in [-0.4, -0.2) is 37.8 Å². The first kappa shape index (κ1) is 15.0. The molecular weight excluding hydrogens is 308 g/mol. The molecule has 5 nitrogen and oxygen atoms in total. The first-order valence-electron chi connectivity index (χ1n) is 7.47. The summed E-state index contributed by atoms with van der Waals surface area (Å²) in [6.07, 6.45) is 6.04. The van der Waals surface area contributed by atoms with Gasteiger partial charge in [0.25, 0.3) is 5.91 Å². The molecule has 2 fully saturated rings. The molecule has 2 heterocycles. The Balaban J connectivity index is 1.81. The van der Waals surface area contributed by atoms with E-state index in [-0.39, 0.29) is 16.8 Å². The molecule has 1 aromatic heterocycles. The number of hydrogen-bond acceptors (Lipinski definition) is 4. The number of nitrogens with zero attached hydrogens (tertiary/aromatic N) is 1. The third-order valence-electron chi connectivity index (χ3n) is 4.21. The zero-order valence-electron chi connectivity index (χ0n) is 11.9. The lowest BCUT2D eigenvalue weighted by Crippen LogP contribution is -2.34. The van der Waals surface area contributed by atoms with E-state index in [0.29, 0.717) is 18.0 Å². The van der Waals surface area contributed by atoms with E-state index >= 15 is 0 Å². The maximum atomic E-state index is 12.6. The molecule has 1 N–H and O–H groups in total. The van der Waals surface area contributed by atoms with E-state index in [2.05, 4.69) is 5.32 Å². The average molecular weight is 328 g/mol. The molecule has 21 heavy (non-hydrogen) atoms. The second kappa shape index (κ2) is 6.06. The second-order valence-corrected chi connectivity index (χ2v) is 8.50. The highest BCUT2D eigenvalue weighted by molar-refractivity contribution is 7.89. The summed E-state index contributed by atoms with van der Waals surface area (Å²) in [5.74, 6) is -0.241. The van der Waals surface area contributed by atoms with Crippen LogP contribution >= 0.6 is 11.3 Å². The monoisotopic (exact) mass is 328 g/mol. The Hall–Kier alpha value is -0.920. The van der Waals surface area contributed by atoms with Gasteiger partial charge in [-0.3, -0.25) is 4.79 Å². The van der Waals surface area contributed by atoms with Gasteiger partial charge in [-0.2, -0.15) is 4.31 Å². The molecule has 116 valence electrons. The number of amides is 1. The SMILES string of the molecule is O=C(NC1CCCC1)c1sccc1S(=O)(=O)N1CCCC1. The van der Waals surface area contributed by atoms with Gasteiger partial charge in [0.2, 0.25) is 10.0 Å². The van der Waals surface area contributed by atoms with Crippen LogP contribution in [0.4, 0.5) is 0 Å². The van der Waals surface area contributed by atoms with Crippen LogP contribution in [0.5, 0.6) is 0 Å². The fourth-order valence-corrected chi connectivity index (χ4v) is 5.88. The molecule has 7 heteroatoms. The van der Waals surface area contributed by atoms with Gasteiger partial charge < -0.3 is 5.32 Å². The van der Waals surface area contributed by atoms with Crippen LogP contribution in [-0.2, 0) is 10.0 Å². The summed E-state index contributed by atoms with van der Waals surface area (Å²) < 4.78 is 26.7. The average Bonchev–Trinajstić information content (AvgIpc) is 3.20. The maximum Gasteiger partial charge on any atom is 0.262 e. The van der Waals surface area contributed by atoms with Gasteiger partial charge in [0, 0.05) is 19.1 Å². The van der Waals surface area contributed by atoms with Gasteiger partial charge in [-0.25, -0.2) is 8.42 Å². The Labute approximate surface area is 129 Å². The van der Waals surface area contributed by atoms with Crippen LogP contribution in [0.25, 0.3) is 0 Å². The zero-order valence-corrected chi connectivity index (χ0v) is 13.5. The predicted octanol–water partition coefficient (Wildman–Crippen LogP) is 2.21. The summed E-state index contributed by atoms with van der Waals surface area (Å²) in [6, 6.07) is 1.75. The minimum Gasteiger partial charge on any atom is -0.349 e. The van der Waals surface area contributed by atoms with Crippen LogP contribution in [0.1, 0.15) is 48.2 Å². The number of nitrogens with one attached hydrogen (secondary N) is 1. The molecule has 0 aromatic carbocycles. The third-order valence-corrected chi connectivity index (χ3v) is 7.19. The number of carbonyl (C=O) groups is 1. The molecule has 3 rings (SSSR count). The molecule has 0 radical (unpaired) electrons. The van der Waals surface area contributed by atoms with Gasteiger partial charge in [-0.05, 0) is 37.1 Å². The van der Waals surface area contributed by atoms with Gasteiger partial charge in [0.05, 0.1) is 0 Å². The summed E-state index contributed by atoms with van der Waals surface area (Å²) in [6.45, 7) is 1.11. The summed E-state index contributed by atoms with van der Waals surface area (Å²) in [4.78, 5) is 12.9. The van der Waals surface area contributed by atoms with Crippen molar-refractivity contribution in [3.8, 4) is 0 Å². The lowest BCUT2D eigenvalue weighted by molar-refractivity contribution is 0.0939. The molecule has 2 aliphatic rings. The van der Waals surface area contributed by atoms with Crippen molar-refractivity contribution in [3.63, 3.8) is 0 Å². The highest BCUT2D eigenvalue weighted by atomic mass is 32.2. The number of sulfonamides is 1. The standard InChI is InChI=1S/C14H20N2O3S2/c17-14(15-11-5-1-2-6-11)13-12(7-10-20-13)21(18,19)16-8-3-4-9-16/h7,10-11H,1-6,8-9H2,(H,15,17). The van der Waals surface area contributed by atoms with E-state index < -0.39 is 10.0 Å². The van der Waals surface area contributed by atoms with Crippen molar-refractivity contribution in [3.05, 3.63) is 16.3 Å². The summed E-state index contributed by atoms with van der Waals surface area (Å²) >= 11 is 1.21. The molecule has 1 saturated carbocycles. The lowest BCUT2D eigenvalue weighted by atomic mass is 10.2. The van der Waals surface area contributed by atoms with E-state index in [1.165, 1.54) is 15.6 Å².